The van der Waals surface area contributed by atoms with Gasteiger partial charge in [-0.1, -0.05) is 41.5 Å². The van der Waals surface area contributed by atoms with Crippen LogP contribution in [0.2, 0.25) is 0 Å². The minimum absolute atomic E-state index is 0.00994. The maximum atomic E-state index is 4.94. The van der Waals surface area contributed by atoms with Gasteiger partial charge in [0.05, 0.1) is 45.6 Å². The van der Waals surface area contributed by atoms with E-state index in [-0.39, 0.29) is 10.8 Å². The Labute approximate surface area is 230 Å². The number of nitrogens with zero attached hydrogens (tertiary/aromatic N) is 6. The molecule has 6 nitrogen and oxygen atoms in total. The number of aliphatic imine (C=N–C) groups is 4. The van der Waals surface area contributed by atoms with E-state index in [1.807, 2.05) is 0 Å². The predicted molar refractivity (Wildman–Crippen MR) is 163 cm³/mol. The van der Waals surface area contributed by atoms with Crippen molar-refractivity contribution in [1.29, 1.82) is 0 Å². The lowest BCUT2D eigenvalue weighted by atomic mass is 9.86. The van der Waals surface area contributed by atoms with Crippen LogP contribution in [0.25, 0.3) is 0 Å². The summed E-state index contributed by atoms with van der Waals surface area (Å²) < 4.78 is 0. The number of pyridine rings is 2. The largest absolute Gasteiger partial charge is 0.288 e. The molecule has 0 unspecified atom stereocenters. The molecule has 1 aliphatic rings. The van der Waals surface area contributed by atoms with Crippen LogP contribution in [0, 0.1) is 0 Å². The third-order valence-corrected chi connectivity index (χ3v) is 6.89. The van der Waals surface area contributed by atoms with Gasteiger partial charge in [0, 0.05) is 26.2 Å². The molecular formula is C32H46N6. The molecule has 0 aliphatic carbocycles. The number of rotatable bonds is 0. The summed E-state index contributed by atoms with van der Waals surface area (Å²) in [5.41, 5.74) is 10.0. The summed E-state index contributed by atoms with van der Waals surface area (Å²) in [4.78, 5) is 29.3. The van der Waals surface area contributed by atoms with Gasteiger partial charge in [0.1, 0.15) is 0 Å². The first-order valence-corrected chi connectivity index (χ1v) is 13.9. The monoisotopic (exact) mass is 514 g/mol. The summed E-state index contributed by atoms with van der Waals surface area (Å²) in [5.74, 6) is 0. The zero-order chi connectivity index (χ0) is 28.1. The van der Waals surface area contributed by atoms with Crippen molar-refractivity contribution in [2.24, 2.45) is 20.0 Å². The van der Waals surface area contributed by atoms with Crippen LogP contribution in [-0.2, 0) is 10.8 Å². The van der Waals surface area contributed by atoms with Gasteiger partial charge in [-0.15, -0.1) is 0 Å². The van der Waals surface area contributed by atoms with Gasteiger partial charge in [0.2, 0.25) is 0 Å². The van der Waals surface area contributed by atoms with Crippen LogP contribution in [0.5, 0.6) is 0 Å². The Morgan fingerprint density at radius 3 is 0.895 bits per heavy atom. The van der Waals surface area contributed by atoms with E-state index in [1.54, 1.807) is 0 Å². The van der Waals surface area contributed by atoms with Crippen LogP contribution in [0.1, 0.15) is 116 Å². The molecule has 0 spiro atoms. The average Bonchev–Trinajstić information content (AvgIpc) is 2.85. The van der Waals surface area contributed by atoms with Crippen molar-refractivity contribution in [2.75, 3.05) is 26.2 Å². The Bertz CT molecular complexity index is 1090. The summed E-state index contributed by atoms with van der Waals surface area (Å²) in [6.45, 7) is 24.4. The van der Waals surface area contributed by atoms with Gasteiger partial charge in [-0.25, -0.2) is 9.97 Å². The SMILES string of the molecule is CC1=NCCCN=C(C)c2cc(C(C)(C)C)cc(n2)C(C)=NCCCN=C(C)c2cc(C(C)(C)C)cc1n2. The molecular weight excluding hydrogens is 468 g/mol. The zero-order valence-corrected chi connectivity index (χ0v) is 25.2. The number of fused-ring (bicyclic) bond motifs is 4. The van der Waals surface area contributed by atoms with E-state index >= 15 is 0 Å². The van der Waals surface area contributed by atoms with Gasteiger partial charge in [-0.2, -0.15) is 0 Å². The standard InChI is InChI=1S/C32H46N6/c1-21-27-17-25(31(5,6)7)18-28(37-27)22(2)35-15-12-16-36-24(4)30-20-26(32(8,9)10)19-29(38-30)23(3)34-14-11-13-33-21/h17-20H,11-16H2,1-10H3. The van der Waals surface area contributed by atoms with Gasteiger partial charge in [-0.05, 0) is 86.8 Å². The number of hydrogen-bond donors (Lipinski definition) is 0. The molecule has 0 saturated heterocycles. The molecule has 0 amide bonds. The summed E-state index contributed by atoms with van der Waals surface area (Å²) in [6, 6.07) is 8.69. The van der Waals surface area contributed by atoms with Crippen molar-refractivity contribution in [3.63, 3.8) is 0 Å². The molecule has 0 radical (unpaired) electrons. The van der Waals surface area contributed by atoms with E-state index in [0.717, 1.165) is 58.5 Å². The fraction of sp³-hybridized carbons (Fsp3) is 0.562. The quantitative estimate of drug-likeness (QED) is 0.388. The van der Waals surface area contributed by atoms with Crippen LogP contribution in [0.4, 0.5) is 0 Å². The number of hydrogen-bond acceptors (Lipinski definition) is 6. The molecule has 0 atom stereocenters. The maximum Gasteiger partial charge on any atom is 0.0848 e. The Morgan fingerprint density at radius 2 is 0.684 bits per heavy atom. The van der Waals surface area contributed by atoms with Gasteiger partial charge in [-0.3, -0.25) is 20.0 Å². The third-order valence-electron chi connectivity index (χ3n) is 6.89. The molecule has 1 aliphatic heterocycles. The number of aromatic nitrogens is 2. The van der Waals surface area contributed by atoms with E-state index in [9.17, 15) is 0 Å². The first-order valence-electron chi connectivity index (χ1n) is 13.9. The first kappa shape index (κ1) is 29.5. The molecule has 2 aromatic rings. The lowest BCUT2D eigenvalue weighted by Gasteiger charge is -2.21. The summed E-state index contributed by atoms with van der Waals surface area (Å²) in [5, 5.41) is 0. The Morgan fingerprint density at radius 1 is 0.447 bits per heavy atom. The molecule has 6 heteroatoms. The van der Waals surface area contributed by atoms with E-state index in [0.29, 0.717) is 26.2 Å². The van der Waals surface area contributed by atoms with Crippen molar-refractivity contribution in [3.8, 4) is 0 Å². The predicted octanol–water partition coefficient (Wildman–Crippen LogP) is 6.80. The van der Waals surface area contributed by atoms with Crippen molar-refractivity contribution < 1.29 is 0 Å². The Hall–Kier alpha value is -3.02. The summed E-state index contributed by atoms with van der Waals surface area (Å²) in [6.07, 6.45) is 1.74. The molecule has 4 bridgehead atoms. The normalized spacial score (nSPS) is 16.7. The molecule has 0 N–H and O–H groups in total. The second kappa shape index (κ2) is 12.2. The first-order chi connectivity index (χ1) is 17.8. The molecule has 0 saturated carbocycles. The fourth-order valence-electron chi connectivity index (χ4n) is 4.12. The highest BCUT2D eigenvalue weighted by Gasteiger charge is 2.19. The zero-order valence-electron chi connectivity index (χ0n) is 25.2. The smallest absolute Gasteiger partial charge is 0.0848 e. The van der Waals surface area contributed by atoms with Crippen LogP contribution in [0.15, 0.2) is 44.2 Å². The lowest BCUT2D eigenvalue weighted by Crippen LogP contribution is -2.16. The Kier molecular flexibility index (Phi) is 9.50. The van der Waals surface area contributed by atoms with Crippen LogP contribution in [-0.4, -0.2) is 59.0 Å². The Balaban J connectivity index is 2.01. The van der Waals surface area contributed by atoms with E-state index < -0.39 is 0 Å². The van der Waals surface area contributed by atoms with E-state index in [4.69, 9.17) is 29.9 Å². The van der Waals surface area contributed by atoms with E-state index in [2.05, 4.69) is 93.5 Å². The molecule has 204 valence electrons. The van der Waals surface area contributed by atoms with Crippen LogP contribution < -0.4 is 0 Å². The maximum absolute atomic E-state index is 4.94. The average molecular weight is 515 g/mol. The molecule has 2 aromatic heterocycles. The highest BCUT2D eigenvalue weighted by Crippen LogP contribution is 2.25. The third kappa shape index (κ3) is 7.99. The van der Waals surface area contributed by atoms with Crippen molar-refractivity contribution in [1.82, 2.24) is 9.97 Å². The van der Waals surface area contributed by atoms with Gasteiger partial charge in [0.15, 0.2) is 0 Å². The van der Waals surface area contributed by atoms with Crippen LogP contribution >= 0.6 is 0 Å². The highest BCUT2D eigenvalue weighted by atomic mass is 14.9. The van der Waals surface area contributed by atoms with Crippen molar-refractivity contribution in [2.45, 2.75) is 92.9 Å². The molecule has 0 aromatic carbocycles. The molecule has 3 rings (SSSR count). The van der Waals surface area contributed by atoms with E-state index in [1.165, 1.54) is 11.1 Å². The second-order valence-electron chi connectivity index (χ2n) is 12.3. The minimum atomic E-state index is 0.00994. The van der Waals surface area contributed by atoms with Crippen LogP contribution in [0.3, 0.4) is 0 Å². The van der Waals surface area contributed by atoms with Crippen molar-refractivity contribution in [3.05, 3.63) is 58.2 Å². The summed E-state index contributed by atoms with van der Waals surface area (Å²) >= 11 is 0. The topological polar surface area (TPSA) is 75.2 Å². The van der Waals surface area contributed by atoms with Gasteiger partial charge >= 0.3 is 0 Å². The summed E-state index contributed by atoms with van der Waals surface area (Å²) in [7, 11) is 0. The molecule has 0 fully saturated rings. The van der Waals surface area contributed by atoms with Crippen molar-refractivity contribution >= 4 is 22.8 Å². The molecule has 3 heterocycles. The van der Waals surface area contributed by atoms with Gasteiger partial charge < -0.3 is 0 Å². The fourth-order valence-corrected chi connectivity index (χ4v) is 4.12. The second-order valence-corrected chi connectivity index (χ2v) is 12.3. The van der Waals surface area contributed by atoms with Gasteiger partial charge in [0.25, 0.3) is 0 Å². The lowest BCUT2D eigenvalue weighted by molar-refractivity contribution is 0.588. The highest BCUT2D eigenvalue weighted by molar-refractivity contribution is 6.02. The molecule has 38 heavy (non-hydrogen) atoms. The minimum Gasteiger partial charge on any atom is -0.288 e.